The number of nitrogens with zero attached hydrogens (tertiary/aromatic N) is 1. The average Bonchev–Trinajstić information content (AvgIpc) is 2.19. The molecule has 2 rings (SSSR count). The van der Waals surface area contributed by atoms with E-state index in [4.69, 9.17) is 12.2 Å². The van der Waals surface area contributed by atoms with Crippen LogP contribution >= 0.6 is 12.2 Å². The number of H-pyrrole nitrogens is 1. The average molecular weight is 218 g/mol. The van der Waals surface area contributed by atoms with Crippen LogP contribution < -0.4 is 0 Å². The molecular weight excluding hydrogens is 204 g/mol. The van der Waals surface area contributed by atoms with Gasteiger partial charge >= 0.3 is 0 Å². The molecule has 0 saturated carbocycles. The molecule has 1 N–H and O–H groups in total. The summed E-state index contributed by atoms with van der Waals surface area (Å²) >= 11 is 5.30. The molecule has 0 aliphatic rings. The number of aromatic amines is 1. The number of hydrogen-bond donors (Lipinski definition) is 1. The van der Waals surface area contributed by atoms with Crippen molar-refractivity contribution in [3.05, 3.63) is 33.7 Å². The molecular formula is C12H14N2S. The van der Waals surface area contributed by atoms with E-state index in [0.29, 0.717) is 4.64 Å². The van der Waals surface area contributed by atoms with Crippen molar-refractivity contribution in [2.75, 3.05) is 0 Å². The number of benzene rings is 1. The summed E-state index contributed by atoms with van der Waals surface area (Å²) in [6.45, 7) is 6.25. The SMILES string of the molecule is CCc1nc(=S)c2cc(C)cc(C)c2[nH]1. The first-order chi connectivity index (χ1) is 7.11. The molecule has 0 spiro atoms. The third-order valence-corrected chi connectivity index (χ3v) is 2.86. The van der Waals surface area contributed by atoms with E-state index in [2.05, 4.69) is 42.9 Å². The first kappa shape index (κ1) is 10.3. The Hall–Kier alpha value is -1.22. The summed E-state index contributed by atoms with van der Waals surface area (Å²) in [5.41, 5.74) is 3.58. The summed E-state index contributed by atoms with van der Waals surface area (Å²) in [7, 11) is 0. The number of rotatable bonds is 1. The molecule has 0 saturated heterocycles. The molecule has 0 amide bonds. The van der Waals surface area contributed by atoms with Gasteiger partial charge in [0, 0.05) is 11.8 Å². The zero-order valence-electron chi connectivity index (χ0n) is 9.22. The summed E-state index contributed by atoms with van der Waals surface area (Å²) in [5, 5.41) is 1.06. The molecule has 1 aromatic carbocycles. The van der Waals surface area contributed by atoms with Crippen LogP contribution in [-0.2, 0) is 6.42 Å². The molecule has 1 aromatic heterocycles. The van der Waals surface area contributed by atoms with Crippen LogP contribution in [0.3, 0.4) is 0 Å². The van der Waals surface area contributed by atoms with Crippen molar-refractivity contribution < 1.29 is 0 Å². The predicted molar refractivity (Wildman–Crippen MR) is 65.8 cm³/mol. The van der Waals surface area contributed by atoms with Gasteiger partial charge in [-0.2, -0.15) is 0 Å². The fourth-order valence-electron chi connectivity index (χ4n) is 1.82. The highest BCUT2D eigenvalue weighted by Crippen LogP contribution is 2.19. The predicted octanol–water partition coefficient (Wildman–Crippen LogP) is 3.47. The Bertz CT molecular complexity index is 570. The van der Waals surface area contributed by atoms with Crippen LogP contribution in [0.4, 0.5) is 0 Å². The number of aryl methyl sites for hydroxylation is 3. The molecule has 0 fully saturated rings. The second kappa shape index (κ2) is 3.74. The summed E-state index contributed by atoms with van der Waals surface area (Å²) in [6.07, 6.45) is 0.882. The Morgan fingerprint density at radius 1 is 1.33 bits per heavy atom. The number of nitrogens with one attached hydrogen (secondary N) is 1. The first-order valence-corrected chi connectivity index (χ1v) is 5.52. The van der Waals surface area contributed by atoms with E-state index in [1.54, 1.807) is 0 Å². The van der Waals surface area contributed by atoms with Gasteiger partial charge in [-0.15, -0.1) is 0 Å². The minimum atomic E-state index is 0.701. The lowest BCUT2D eigenvalue weighted by molar-refractivity contribution is 0.953. The Morgan fingerprint density at radius 2 is 2.07 bits per heavy atom. The largest absolute Gasteiger partial charge is 0.343 e. The van der Waals surface area contributed by atoms with Gasteiger partial charge < -0.3 is 4.98 Å². The van der Waals surface area contributed by atoms with Crippen molar-refractivity contribution in [2.45, 2.75) is 27.2 Å². The number of fused-ring (bicyclic) bond motifs is 1. The van der Waals surface area contributed by atoms with Crippen molar-refractivity contribution in [1.29, 1.82) is 0 Å². The van der Waals surface area contributed by atoms with Gasteiger partial charge in [-0.05, 0) is 25.5 Å². The second-order valence-corrected chi connectivity index (χ2v) is 4.23. The Morgan fingerprint density at radius 3 is 2.73 bits per heavy atom. The third kappa shape index (κ3) is 1.79. The van der Waals surface area contributed by atoms with Gasteiger partial charge in [0.1, 0.15) is 10.5 Å². The molecule has 0 bridgehead atoms. The van der Waals surface area contributed by atoms with E-state index in [0.717, 1.165) is 23.1 Å². The highest BCUT2D eigenvalue weighted by atomic mass is 32.1. The van der Waals surface area contributed by atoms with Gasteiger partial charge in [-0.25, -0.2) is 4.98 Å². The minimum Gasteiger partial charge on any atom is -0.343 e. The van der Waals surface area contributed by atoms with Gasteiger partial charge in [0.2, 0.25) is 0 Å². The zero-order chi connectivity index (χ0) is 11.0. The molecule has 2 aromatic rings. The van der Waals surface area contributed by atoms with Crippen LogP contribution in [0, 0.1) is 18.5 Å². The maximum Gasteiger partial charge on any atom is 0.137 e. The van der Waals surface area contributed by atoms with Crippen molar-refractivity contribution in [3.63, 3.8) is 0 Å². The smallest absolute Gasteiger partial charge is 0.137 e. The van der Waals surface area contributed by atoms with Crippen molar-refractivity contribution in [2.24, 2.45) is 0 Å². The van der Waals surface area contributed by atoms with E-state index < -0.39 is 0 Å². The lowest BCUT2D eigenvalue weighted by Gasteiger charge is -2.06. The van der Waals surface area contributed by atoms with Crippen molar-refractivity contribution in [3.8, 4) is 0 Å². The fourth-order valence-corrected chi connectivity index (χ4v) is 2.10. The lowest BCUT2D eigenvalue weighted by atomic mass is 10.1. The summed E-state index contributed by atoms with van der Waals surface area (Å²) in [5.74, 6) is 0.958. The quantitative estimate of drug-likeness (QED) is 0.742. The topological polar surface area (TPSA) is 28.7 Å². The van der Waals surface area contributed by atoms with E-state index >= 15 is 0 Å². The molecule has 0 atom stereocenters. The lowest BCUT2D eigenvalue weighted by Crippen LogP contribution is -1.96. The number of aromatic nitrogens is 2. The van der Waals surface area contributed by atoms with Gasteiger partial charge in [-0.1, -0.05) is 30.8 Å². The summed E-state index contributed by atoms with van der Waals surface area (Å²) in [6, 6.07) is 4.25. The maximum atomic E-state index is 5.30. The van der Waals surface area contributed by atoms with Crippen LogP contribution in [0.15, 0.2) is 12.1 Å². The minimum absolute atomic E-state index is 0.701. The normalized spacial score (nSPS) is 10.9. The summed E-state index contributed by atoms with van der Waals surface area (Å²) < 4.78 is 0.701. The molecule has 0 unspecified atom stereocenters. The van der Waals surface area contributed by atoms with Crippen LogP contribution in [-0.4, -0.2) is 9.97 Å². The van der Waals surface area contributed by atoms with Crippen LogP contribution in [0.5, 0.6) is 0 Å². The Labute approximate surface area is 94.4 Å². The number of hydrogen-bond acceptors (Lipinski definition) is 2. The Balaban J connectivity index is 2.91. The van der Waals surface area contributed by atoms with Crippen LogP contribution in [0.2, 0.25) is 0 Å². The standard InChI is InChI=1S/C12H14N2S/c1-4-10-13-11-8(3)5-7(2)6-9(11)12(15)14-10/h5-6H,4H2,1-3H3,(H,13,14,15). The molecule has 78 valence electrons. The monoisotopic (exact) mass is 218 g/mol. The fraction of sp³-hybridized carbons (Fsp3) is 0.333. The molecule has 3 heteroatoms. The third-order valence-electron chi connectivity index (χ3n) is 2.55. The summed E-state index contributed by atoms with van der Waals surface area (Å²) in [4.78, 5) is 7.70. The molecule has 0 radical (unpaired) electrons. The van der Waals surface area contributed by atoms with Gasteiger partial charge in [-0.3, -0.25) is 0 Å². The molecule has 1 heterocycles. The van der Waals surface area contributed by atoms with Crippen LogP contribution in [0.25, 0.3) is 10.9 Å². The Kier molecular flexibility index (Phi) is 2.57. The van der Waals surface area contributed by atoms with E-state index in [1.165, 1.54) is 11.1 Å². The highest BCUT2D eigenvalue weighted by Gasteiger charge is 2.03. The highest BCUT2D eigenvalue weighted by molar-refractivity contribution is 7.71. The molecule has 15 heavy (non-hydrogen) atoms. The molecule has 0 aliphatic heterocycles. The first-order valence-electron chi connectivity index (χ1n) is 5.12. The van der Waals surface area contributed by atoms with Gasteiger partial charge in [0.05, 0.1) is 5.52 Å². The van der Waals surface area contributed by atoms with Gasteiger partial charge in [0.15, 0.2) is 0 Å². The molecule has 0 aliphatic carbocycles. The van der Waals surface area contributed by atoms with E-state index in [9.17, 15) is 0 Å². The second-order valence-electron chi connectivity index (χ2n) is 3.85. The maximum absolute atomic E-state index is 5.30. The zero-order valence-corrected chi connectivity index (χ0v) is 10.0. The van der Waals surface area contributed by atoms with Crippen molar-refractivity contribution >= 4 is 23.1 Å². The van der Waals surface area contributed by atoms with Crippen LogP contribution in [0.1, 0.15) is 23.9 Å². The van der Waals surface area contributed by atoms with E-state index in [-0.39, 0.29) is 0 Å². The van der Waals surface area contributed by atoms with Gasteiger partial charge in [0.25, 0.3) is 0 Å². The molecule has 2 nitrogen and oxygen atoms in total. The van der Waals surface area contributed by atoms with Crippen molar-refractivity contribution in [1.82, 2.24) is 9.97 Å². The van der Waals surface area contributed by atoms with E-state index in [1.807, 2.05) is 0 Å².